The lowest BCUT2D eigenvalue weighted by Gasteiger charge is -2.21. The van der Waals surface area contributed by atoms with Crippen LogP contribution in [-0.4, -0.2) is 15.5 Å². The van der Waals surface area contributed by atoms with Crippen molar-refractivity contribution in [1.82, 2.24) is 9.97 Å². The van der Waals surface area contributed by atoms with Crippen molar-refractivity contribution >= 4 is 17.3 Å². The van der Waals surface area contributed by atoms with Crippen molar-refractivity contribution in [2.45, 2.75) is 53.0 Å². The van der Waals surface area contributed by atoms with E-state index in [1.54, 1.807) is 6.33 Å². The fourth-order valence-electron chi connectivity index (χ4n) is 2.41. The fourth-order valence-corrected chi connectivity index (χ4v) is 2.41. The zero-order valence-corrected chi connectivity index (χ0v) is 14.2. The van der Waals surface area contributed by atoms with Gasteiger partial charge in [0.05, 0.1) is 0 Å². The topological polar surface area (TPSA) is 49.8 Å². The van der Waals surface area contributed by atoms with E-state index < -0.39 is 0 Å². The van der Waals surface area contributed by atoms with Gasteiger partial charge in [-0.3, -0.25) is 0 Å². The molecule has 4 heteroatoms. The summed E-state index contributed by atoms with van der Waals surface area (Å²) in [5.41, 5.74) is 3.76. The van der Waals surface area contributed by atoms with Crippen LogP contribution in [0.15, 0.2) is 30.6 Å². The average molecular weight is 298 g/mol. The highest BCUT2D eigenvalue weighted by Crippen LogP contribution is 2.26. The van der Waals surface area contributed by atoms with Crippen molar-refractivity contribution in [3.63, 3.8) is 0 Å². The van der Waals surface area contributed by atoms with Gasteiger partial charge in [0.1, 0.15) is 18.0 Å². The van der Waals surface area contributed by atoms with Crippen molar-refractivity contribution in [3.05, 3.63) is 41.7 Å². The van der Waals surface area contributed by atoms with Crippen LogP contribution in [0.2, 0.25) is 0 Å². The Hall–Kier alpha value is -2.10. The SMILES string of the molecule is CCc1cccc(CC)c1Nc1cc(NC(C)(C)C)ncn1. The number of hydrogen-bond donors (Lipinski definition) is 2. The molecule has 0 fully saturated rings. The van der Waals surface area contributed by atoms with Crippen molar-refractivity contribution in [1.29, 1.82) is 0 Å². The Bertz CT molecular complexity index is 607. The monoisotopic (exact) mass is 298 g/mol. The van der Waals surface area contributed by atoms with Gasteiger partial charge in [-0.2, -0.15) is 0 Å². The summed E-state index contributed by atoms with van der Waals surface area (Å²) in [6.07, 6.45) is 3.58. The van der Waals surface area contributed by atoms with E-state index in [9.17, 15) is 0 Å². The van der Waals surface area contributed by atoms with E-state index >= 15 is 0 Å². The van der Waals surface area contributed by atoms with Crippen LogP contribution in [0, 0.1) is 0 Å². The average Bonchev–Trinajstić information content (AvgIpc) is 2.46. The summed E-state index contributed by atoms with van der Waals surface area (Å²) in [6.45, 7) is 10.7. The van der Waals surface area contributed by atoms with Gasteiger partial charge in [0.15, 0.2) is 0 Å². The molecule has 0 bridgehead atoms. The number of benzene rings is 1. The van der Waals surface area contributed by atoms with Gasteiger partial charge < -0.3 is 10.6 Å². The standard InChI is InChI=1S/C18H26N4/c1-6-13-9-8-10-14(7-2)17(13)21-15-11-16(20-12-19-15)22-18(3,4)5/h8-12H,6-7H2,1-5H3,(H2,19,20,21,22). The largest absolute Gasteiger partial charge is 0.365 e. The van der Waals surface area contributed by atoms with Crippen LogP contribution in [-0.2, 0) is 12.8 Å². The lowest BCUT2D eigenvalue weighted by atomic mass is 10.0. The van der Waals surface area contributed by atoms with E-state index in [4.69, 9.17) is 0 Å². The molecule has 0 atom stereocenters. The molecule has 2 aromatic rings. The van der Waals surface area contributed by atoms with Gasteiger partial charge in [-0.1, -0.05) is 32.0 Å². The quantitative estimate of drug-likeness (QED) is 0.850. The van der Waals surface area contributed by atoms with Crippen molar-refractivity contribution in [2.75, 3.05) is 10.6 Å². The van der Waals surface area contributed by atoms with Gasteiger partial charge in [0.2, 0.25) is 0 Å². The molecule has 118 valence electrons. The molecule has 2 N–H and O–H groups in total. The summed E-state index contributed by atoms with van der Waals surface area (Å²) in [6, 6.07) is 8.40. The van der Waals surface area contributed by atoms with Crippen LogP contribution in [0.3, 0.4) is 0 Å². The van der Waals surface area contributed by atoms with Gasteiger partial charge in [0, 0.05) is 17.3 Å². The minimum Gasteiger partial charge on any atom is -0.365 e. The maximum atomic E-state index is 4.35. The van der Waals surface area contributed by atoms with Gasteiger partial charge in [-0.25, -0.2) is 9.97 Å². The Morgan fingerprint density at radius 2 is 1.55 bits per heavy atom. The number of aryl methyl sites for hydroxylation is 2. The third-order valence-corrected chi connectivity index (χ3v) is 3.42. The molecular weight excluding hydrogens is 272 g/mol. The number of nitrogens with zero attached hydrogens (tertiary/aromatic N) is 2. The molecule has 0 unspecified atom stereocenters. The number of nitrogens with one attached hydrogen (secondary N) is 2. The van der Waals surface area contributed by atoms with E-state index in [1.807, 2.05) is 6.07 Å². The number of hydrogen-bond acceptors (Lipinski definition) is 4. The third-order valence-electron chi connectivity index (χ3n) is 3.42. The third kappa shape index (κ3) is 4.20. The van der Waals surface area contributed by atoms with Crippen molar-refractivity contribution in [2.24, 2.45) is 0 Å². The summed E-state index contributed by atoms with van der Waals surface area (Å²) in [5, 5.41) is 6.85. The van der Waals surface area contributed by atoms with Crippen LogP contribution in [0.1, 0.15) is 45.7 Å². The van der Waals surface area contributed by atoms with Gasteiger partial charge >= 0.3 is 0 Å². The second kappa shape index (κ2) is 6.77. The van der Waals surface area contributed by atoms with E-state index in [0.29, 0.717) is 0 Å². The summed E-state index contributed by atoms with van der Waals surface area (Å²) < 4.78 is 0. The molecule has 0 saturated carbocycles. The lowest BCUT2D eigenvalue weighted by molar-refractivity contribution is 0.630. The maximum absolute atomic E-state index is 4.35. The summed E-state index contributed by atoms with van der Waals surface area (Å²) in [5.74, 6) is 1.65. The highest BCUT2D eigenvalue weighted by atomic mass is 15.1. The minimum atomic E-state index is -0.0263. The van der Waals surface area contributed by atoms with Crippen molar-refractivity contribution < 1.29 is 0 Å². The molecule has 0 aliphatic rings. The molecule has 2 rings (SSSR count). The first-order chi connectivity index (χ1) is 10.4. The van der Waals surface area contributed by atoms with Crippen LogP contribution >= 0.6 is 0 Å². The maximum Gasteiger partial charge on any atom is 0.135 e. The first kappa shape index (κ1) is 16.3. The second-order valence-electron chi connectivity index (χ2n) is 6.45. The molecule has 0 aliphatic heterocycles. The van der Waals surface area contributed by atoms with E-state index in [1.165, 1.54) is 16.8 Å². The Morgan fingerprint density at radius 3 is 2.09 bits per heavy atom. The van der Waals surface area contributed by atoms with E-state index in [0.717, 1.165) is 24.5 Å². The Balaban J connectivity index is 2.30. The number of para-hydroxylation sites is 1. The van der Waals surface area contributed by atoms with Crippen LogP contribution in [0.4, 0.5) is 17.3 Å². The zero-order valence-electron chi connectivity index (χ0n) is 14.2. The zero-order chi connectivity index (χ0) is 16.2. The fraction of sp³-hybridized carbons (Fsp3) is 0.444. The number of anilines is 3. The normalized spacial score (nSPS) is 11.3. The molecule has 0 aliphatic carbocycles. The molecule has 0 amide bonds. The Kier molecular flexibility index (Phi) is 5.01. The highest BCUT2D eigenvalue weighted by Gasteiger charge is 2.12. The Morgan fingerprint density at radius 1 is 0.955 bits per heavy atom. The molecule has 4 nitrogen and oxygen atoms in total. The van der Waals surface area contributed by atoms with Crippen molar-refractivity contribution in [3.8, 4) is 0 Å². The molecule has 1 aromatic heterocycles. The Labute approximate surface area is 133 Å². The van der Waals surface area contributed by atoms with Crippen LogP contribution in [0.25, 0.3) is 0 Å². The van der Waals surface area contributed by atoms with Gasteiger partial charge in [-0.15, -0.1) is 0 Å². The van der Waals surface area contributed by atoms with E-state index in [-0.39, 0.29) is 5.54 Å². The summed E-state index contributed by atoms with van der Waals surface area (Å²) in [4.78, 5) is 8.64. The molecule has 1 heterocycles. The molecule has 0 saturated heterocycles. The lowest BCUT2D eigenvalue weighted by Crippen LogP contribution is -2.26. The number of aromatic nitrogens is 2. The molecule has 0 radical (unpaired) electrons. The molecular formula is C18H26N4. The van der Waals surface area contributed by atoms with Gasteiger partial charge in [0.25, 0.3) is 0 Å². The smallest absolute Gasteiger partial charge is 0.135 e. The van der Waals surface area contributed by atoms with Crippen LogP contribution < -0.4 is 10.6 Å². The van der Waals surface area contributed by atoms with Gasteiger partial charge in [-0.05, 0) is 44.7 Å². The summed E-state index contributed by atoms with van der Waals surface area (Å²) in [7, 11) is 0. The first-order valence-electron chi connectivity index (χ1n) is 7.91. The van der Waals surface area contributed by atoms with Crippen LogP contribution in [0.5, 0.6) is 0 Å². The first-order valence-corrected chi connectivity index (χ1v) is 7.91. The highest BCUT2D eigenvalue weighted by molar-refractivity contribution is 5.66. The molecule has 22 heavy (non-hydrogen) atoms. The number of rotatable bonds is 5. The predicted octanol–water partition coefficient (Wildman–Crippen LogP) is 4.56. The minimum absolute atomic E-state index is 0.0263. The predicted molar refractivity (Wildman–Crippen MR) is 93.9 cm³/mol. The molecule has 0 spiro atoms. The second-order valence-corrected chi connectivity index (χ2v) is 6.45. The van der Waals surface area contributed by atoms with E-state index in [2.05, 4.69) is 73.4 Å². The summed E-state index contributed by atoms with van der Waals surface area (Å²) >= 11 is 0. The molecule has 1 aromatic carbocycles.